The number of piperazine rings is 1. The lowest BCUT2D eigenvalue weighted by atomic mass is 9.71. The van der Waals surface area contributed by atoms with Gasteiger partial charge in [0.1, 0.15) is 23.6 Å². The van der Waals surface area contributed by atoms with Gasteiger partial charge in [0.15, 0.2) is 5.78 Å². The zero-order valence-corrected chi connectivity index (χ0v) is 15.0. The molecule has 0 aromatic rings. The number of Topliss-reactive ketones (excluding diaryl/α,β-unsaturated/α-hetero) is 1. The number of carbonyl (C=O) groups is 2. The first-order valence-corrected chi connectivity index (χ1v) is 9.05. The fourth-order valence-corrected chi connectivity index (χ4v) is 4.73. The molecule has 1 N–H and O–H groups in total. The Morgan fingerprint density at radius 3 is 2.58 bits per heavy atom. The summed E-state index contributed by atoms with van der Waals surface area (Å²) in [6, 6.07) is -0.783. The van der Waals surface area contributed by atoms with E-state index in [2.05, 4.69) is 9.80 Å². The number of carboxylic acid groups (broad SMARTS) is 1. The molecule has 1 saturated heterocycles. The lowest BCUT2D eigenvalue weighted by Gasteiger charge is -2.54. The maximum atomic E-state index is 15.2. The Bertz CT molecular complexity index is 686. The number of aliphatic carboxylic acids is 1. The molecular weight excluding hydrogens is 341 g/mol. The molecule has 0 spiro atoms. The molecule has 5 unspecified atom stereocenters. The molecule has 0 radical (unpaired) electrons. The summed E-state index contributed by atoms with van der Waals surface area (Å²) in [6.45, 7) is 5.02. The zero-order chi connectivity index (χ0) is 18.6. The number of likely N-dealkylation sites (N-methyl/N-ethyl adjacent to an activating group) is 1. The highest BCUT2D eigenvalue weighted by molar-refractivity contribution is 6.18. The second-order valence-corrected chi connectivity index (χ2v) is 7.66. The highest BCUT2D eigenvalue weighted by Gasteiger charge is 2.56. The molecule has 8 heteroatoms. The highest BCUT2D eigenvalue weighted by atomic mass is 19.1. The van der Waals surface area contributed by atoms with E-state index in [1.165, 1.54) is 6.20 Å². The lowest BCUT2D eigenvalue weighted by molar-refractivity contribution is -0.146. The molecular formula is C18H24FN3O4. The number of hydrogen-bond acceptors (Lipinski definition) is 6. The van der Waals surface area contributed by atoms with E-state index in [0.717, 1.165) is 26.2 Å². The number of allylic oxidation sites excluding steroid dienone is 1. The Morgan fingerprint density at radius 2 is 1.92 bits per heavy atom. The first-order chi connectivity index (χ1) is 12.4. The average Bonchev–Trinajstić information content (AvgIpc) is 2.58. The molecule has 7 nitrogen and oxygen atoms in total. The van der Waals surface area contributed by atoms with Gasteiger partial charge in [0.05, 0.1) is 12.1 Å². The van der Waals surface area contributed by atoms with Gasteiger partial charge in [0, 0.05) is 44.5 Å². The summed E-state index contributed by atoms with van der Waals surface area (Å²) >= 11 is 0. The molecule has 3 aliphatic heterocycles. The van der Waals surface area contributed by atoms with Crippen LogP contribution in [-0.4, -0.2) is 89.1 Å². The van der Waals surface area contributed by atoms with Crippen LogP contribution in [0, 0.1) is 5.92 Å². The maximum absolute atomic E-state index is 15.2. The van der Waals surface area contributed by atoms with Crippen LogP contribution < -0.4 is 0 Å². The maximum Gasteiger partial charge on any atom is 0.340 e. The molecule has 1 saturated carbocycles. The molecule has 4 aliphatic rings. The smallest absolute Gasteiger partial charge is 0.340 e. The summed E-state index contributed by atoms with van der Waals surface area (Å²) in [4.78, 5) is 30.2. The molecule has 142 valence electrons. The number of hydrogen-bond donors (Lipinski definition) is 1. The van der Waals surface area contributed by atoms with Crippen LogP contribution in [-0.2, 0) is 14.3 Å². The van der Waals surface area contributed by atoms with Gasteiger partial charge < -0.3 is 19.6 Å². The molecule has 0 aromatic carbocycles. The average molecular weight is 365 g/mol. The molecule has 3 heterocycles. The van der Waals surface area contributed by atoms with Crippen molar-refractivity contribution in [2.75, 3.05) is 33.2 Å². The van der Waals surface area contributed by atoms with Gasteiger partial charge in [-0.2, -0.15) is 0 Å². The fourth-order valence-electron chi connectivity index (χ4n) is 4.73. The summed E-state index contributed by atoms with van der Waals surface area (Å²) in [5.74, 6) is -1.84. The van der Waals surface area contributed by atoms with Crippen LogP contribution in [0.2, 0.25) is 0 Å². The van der Waals surface area contributed by atoms with Crippen molar-refractivity contribution < 1.29 is 23.8 Å². The van der Waals surface area contributed by atoms with E-state index >= 15 is 4.39 Å². The van der Waals surface area contributed by atoms with E-state index in [4.69, 9.17) is 4.74 Å². The monoisotopic (exact) mass is 365 g/mol. The number of nitrogens with zero attached hydrogens (tertiary/aromatic N) is 3. The predicted molar refractivity (Wildman–Crippen MR) is 90.8 cm³/mol. The Kier molecular flexibility index (Phi) is 4.27. The Balaban J connectivity index is 1.70. The van der Waals surface area contributed by atoms with Crippen molar-refractivity contribution in [1.29, 1.82) is 0 Å². The van der Waals surface area contributed by atoms with Gasteiger partial charge >= 0.3 is 5.97 Å². The molecule has 5 atom stereocenters. The summed E-state index contributed by atoms with van der Waals surface area (Å²) < 4.78 is 21.3. The van der Waals surface area contributed by atoms with Crippen molar-refractivity contribution in [3.63, 3.8) is 0 Å². The van der Waals surface area contributed by atoms with E-state index in [-0.39, 0.29) is 18.0 Å². The van der Waals surface area contributed by atoms with Crippen molar-refractivity contribution in [3.05, 3.63) is 23.7 Å². The van der Waals surface area contributed by atoms with Gasteiger partial charge in [-0.25, -0.2) is 9.18 Å². The number of rotatable bonds is 2. The van der Waals surface area contributed by atoms with Gasteiger partial charge in [-0.1, -0.05) is 0 Å². The van der Waals surface area contributed by atoms with Crippen LogP contribution in [0.5, 0.6) is 0 Å². The lowest BCUT2D eigenvalue weighted by Crippen LogP contribution is -2.68. The van der Waals surface area contributed by atoms with Crippen LogP contribution in [0.25, 0.3) is 0 Å². The standard InChI is InChI=1S/C18H24FN3O4/c1-10-8-22-9-12(18(24)25)16(23)11-7-13(19)15(17(26-10)14(11)22)21-5-3-20(2)4-6-21/h8-9,11,13-15,17H,3-7H2,1-2H3,(H,24,25). The van der Waals surface area contributed by atoms with E-state index in [1.54, 1.807) is 18.0 Å². The molecule has 1 aliphatic carbocycles. The molecule has 26 heavy (non-hydrogen) atoms. The molecule has 4 rings (SSSR count). The van der Waals surface area contributed by atoms with Crippen LogP contribution in [0.3, 0.4) is 0 Å². The van der Waals surface area contributed by atoms with Crippen LogP contribution >= 0.6 is 0 Å². The minimum atomic E-state index is -1.26. The first kappa shape index (κ1) is 17.5. The SMILES string of the molecule is CC1=CN2C=C(C(=O)O)C(=O)C3CC(F)C(N4CCN(C)CC4)C(O1)C32. The third kappa shape index (κ3) is 2.72. The quantitative estimate of drug-likeness (QED) is 0.712. The van der Waals surface area contributed by atoms with E-state index in [9.17, 15) is 14.7 Å². The Morgan fingerprint density at radius 1 is 1.23 bits per heavy atom. The Hall–Kier alpha value is -1.93. The van der Waals surface area contributed by atoms with Gasteiger partial charge in [0.2, 0.25) is 0 Å². The molecule has 0 bridgehead atoms. The van der Waals surface area contributed by atoms with Crippen molar-refractivity contribution in [3.8, 4) is 0 Å². The van der Waals surface area contributed by atoms with Crippen LogP contribution in [0.4, 0.5) is 4.39 Å². The highest BCUT2D eigenvalue weighted by Crippen LogP contribution is 2.42. The number of ketones is 1. The van der Waals surface area contributed by atoms with E-state index < -0.39 is 36.0 Å². The second-order valence-electron chi connectivity index (χ2n) is 7.66. The van der Waals surface area contributed by atoms with Gasteiger partial charge in [-0.15, -0.1) is 0 Å². The largest absolute Gasteiger partial charge is 0.490 e. The molecule has 0 aromatic heterocycles. The minimum absolute atomic E-state index is 0.0361. The van der Waals surface area contributed by atoms with Crippen molar-refractivity contribution >= 4 is 11.8 Å². The van der Waals surface area contributed by atoms with E-state index in [0.29, 0.717) is 5.76 Å². The van der Waals surface area contributed by atoms with Crippen LogP contribution in [0.1, 0.15) is 13.3 Å². The number of halogens is 1. The topological polar surface area (TPSA) is 73.3 Å². The normalized spacial score (nSPS) is 38.2. The summed E-state index contributed by atoms with van der Waals surface area (Å²) in [7, 11) is 2.05. The minimum Gasteiger partial charge on any atom is -0.490 e. The summed E-state index contributed by atoms with van der Waals surface area (Å²) in [6.07, 6.45) is 1.41. The third-order valence-electron chi connectivity index (χ3n) is 6.00. The van der Waals surface area contributed by atoms with Gasteiger partial charge in [-0.3, -0.25) is 9.69 Å². The predicted octanol–water partition coefficient (Wildman–Crippen LogP) is 0.442. The summed E-state index contributed by atoms with van der Waals surface area (Å²) in [5, 5.41) is 9.33. The van der Waals surface area contributed by atoms with E-state index in [1.807, 2.05) is 7.05 Å². The van der Waals surface area contributed by atoms with Gasteiger partial charge in [-0.05, 0) is 20.4 Å². The van der Waals surface area contributed by atoms with Crippen LogP contribution in [0.15, 0.2) is 23.7 Å². The summed E-state index contributed by atoms with van der Waals surface area (Å²) in [5.41, 5.74) is -0.277. The number of carbonyl (C=O) groups excluding carboxylic acids is 1. The first-order valence-electron chi connectivity index (χ1n) is 9.05. The van der Waals surface area contributed by atoms with Gasteiger partial charge in [0.25, 0.3) is 0 Å². The number of ether oxygens (including phenoxy) is 1. The molecule has 0 amide bonds. The fraction of sp³-hybridized carbons (Fsp3) is 0.667. The van der Waals surface area contributed by atoms with Crippen molar-refractivity contribution in [2.24, 2.45) is 5.92 Å². The number of alkyl halides is 1. The van der Waals surface area contributed by atoms with Crippen molar-refractivity contribution in [2.45, 2.75) is 37.7 Å². The second kappa shape index (κ2) is 6.35. The zero-order valence-electron chi connectivity index (χ0n) is 15.0. The van der Waals surface area contributed by atoms with Crippen molar-refractivity contribution in [1.82, 2.24) is 14.7 Å². The molecule has 2 fully saturated rings. The number of carboxylic acids is 1. The third-order valence-corrected chi connectivity index (χ3v) is 6.00. The Labute approximate surface area is 151 Å².